The SMILES string of the molecule is Br.Cc1cnc(CBr)[nH]1. The summed E-state index contributed by atoms with van der Waals surface area (Å²) in [4.78, 5) is 7.10. The number of halogens is 2. The second-order valence-electron chi connectivity index (χ2n) is 1.65. The lowest BCUT2D eigenvalue weighted by Gasteiger charge is -1.80. The van der Waals surface area contributed by atoms with E-state index in [1.165, 1.54) is 0 Å². The van der Waals surface area contributed by atoms with Gasteiger partial charge >= 0.3 is 0 Å². The summed E-state index contributed by atoms with van der Waals surface area (Å²) >= 11 is 3.28. The van der Waals surface area contributed by atoms with Crippen molar-refractivity contribution in [3.05, 3.63) is 17.7 Å². The molecule has 0 unspecified atom stereocenters. The van der Waals surface area contributed by atoms with E-state index in [9.17, 15) is 0 Å². The van der Waals surface area contributed by atoms with Crippen LogP contribution in [0.15, 0.2) is 6.20 Å². The molecule has 0 fully saturated rings. The molecule has 1 N–H and O–H groups in total. The highest BCUT2D eigenvalue weighted by molar-refractivity contribution is 9.08. The van der Waals surface area contributed by atoms with Crippen LogP contribution in [-0.4, -0.2) is 9.97 Å². The number of hydrogen-bond acceptors (Lipinski definition) is 1. The fourth-order valence-corrected chi connectivity index (χ4v) is 0.820. The lowest BCUT2D eigenvalue weighted by atomic mass is 10.6. The number of aryl methyl sites for hydroxylation is 1. The molecule has 0 radical (unpaired) electrons. The van der Waals surface area contributed by atoms with E-state index in [2.05, 4.69) is 25.9 Å². The van der Waals surface area contributed by atoms with Crippen LogP contribution in [0.1, 0.15) is 11.5 Å². The van der Waals surface area contributed by atoms with Gasteiger partial charge in [-0.2, -0.15) is 0 Å². The van der Waals surface area contributed by atoms with E-state index in [0.29, 0.717) is 0 Å². The van der Waals surface area contributed by atoms with Crippen molar-refractivity contribution in [3.8, 4) is 0 Å². The van der Waals surface area contributed by atoms with Gasteiger partial charge < -0.3 is 4.98 Å². The van der Waals surface area contributed by atoms with Crippen LogP contribution in [0.2, 0.25) is 0 Å². The molecule has 0 aliphatic rings. The lowest BCUT2D eigenvalue weighted by molar-refractivity contribution is 1.11. The van der Waals surface area contributed by atoms with E-state index in [-0.39, 0.29) is 17.0 Å². The van der Waals surface area contributed by atoms with E-state index < -0.39 is 0 Å². The summed E-state index contributed by atoms with van der Waals surface area (Å²) in [6.07, 6.45) is 1.82. The molecule has 0 atom stereocenters. The minimum Gasteiger partial charge on any atom is -0.345 e. The van der Waals surface area contributed by atoms with Crippen molar-refractivity contribution in [2.75, 3.05) is 0 Å². The standard InChI is InChI=1S/C5H7BrN2.BrH/c1-4-3-7-5(2-6)8-4;/h3H,2H2,1H3,(H,7,8);1H. The molecule has 0 bridgehead atoms. The smallest absolute Gasteiger partial charge is 0.116 e. The number of alkyl halides is 1. The van der Waals surface area contributed by atoms with Gasteiger partial charge in [-0.3, -0.25) is 0 Å². The largest absolute Gasteiger partial charge is 0.345 e. The minimum absolute atomic E-state index is 0. The molecule has 0 saturated heterocycles. The fourth-order valence-electron chi connectivity index (χ4n) is 0.535. The Labute approximate surface area is 73.0 Å². The topological polar surface area (TPSA) is 28.7 Å². The van der Waals surface area contributed by atoms with Crippen molar-refractivity contribution in [2.45, 2.75) is 12.3 Å². The summed E-state index contributed by atoms with van der Waals surface area (Å²) in [6.45, 7) is 1.99. The average molecular weight is 256 g/mol. The van der Waals surface area contributed by atoms with Crippen LogP contribution in [0, 0.1) is 6.92 Å². The summed E-state index contributed by atoms with van der Waals surface area (Å²) in [7, 11) is 0. The first-order valence-electron chi connectivity index (χ1n) is 2.39. The maximum Gasteiger partial charge on any atom is 0.116 e. The first-order valence-corrected chi connectivity index (χ1v) is 3.51. The van der Waals surface area contributed by atoms with E-state index >= 15 is 0 Å². The number of nitrogens with one attached hydrogen (secondary N) is 1. The molecule has 52 valence electrons. The number of rotatable bonds is 1. The molecule has 2 nitrogen and oxygen atoms in total. The maximum atomic E-state index is 4.03. The first kappa shape index (κ1) is 9.17. The highest BCUT2D eigenvalue weighted by Gasteiger charge is 1.90. The molecule has 1 aromatic heterocycles. The average Bonchev–Trinajstić information content (AvgIpc) is 2.14. The van der Waals surface area contributed by atoms with Gasteiger partial charge in [0, 0.05) is 11.9 Å². The Morgan fingerprint density at radius 2 is 2.44 bits per heavy atom. The molecule has 1 heterocycles. The monoisotopic (exact) mass is 254 g/mol. The van der Waals surface area contributed by atoms with Crippen molar-refractivity contribution in [2.24, 2.45) is 0 Å². The molecule has 0 amide bonds. The van der Waals surface area contributed by atoms with Gasteiger partial charge in [0.05, 0.1) is 5.33 Å². The van der Waals surface area contributed by atoms with Gasteiger partial charge in [0.1, 0.15) is 5.82 Å². The van der Waals surface area contributed by atoms with Crippen LogP contribution in [0.3, 0.4) is 0 Å². The number of aromatic amines is 1. The van der Waals surface area contributed by atoms with Crippen molar-refractivity contribution < 1.29 is 0 Å². The van der Waals surface area contributed by atoms with Crippen LogP contribution < -0.4 is 0 Å². The molecular formula is C5H8Br2N2. The van der Waals surface area contributed by atoms with Crippen molar-refractivity contribution in [1.29, 1.82) is 0 Å². The van der Waals surface area contributed by atoms with Crippen molar-refractivity contribution >= 4 is 32.9 Å². The van der Waals surface area contributed by atoms with Crippen LogP contribution in [-0.2, 0) is 5.33 Å². The number of H-pyrrole nitrogens is 1. The minimum atomic E-state index is 0. The molecule has 1 aromatic rings. The Morgan fingerprint density at radius 1 is 1.78 bits per heavy atom. The maximum absolute atomic E-state index is 4.03. The summed E-state index contributed by atoms with van der Waals surface area (Å²) in [6, 6.07) is 0. The van der Waals surface area contributed by atoms with Crippen LogP contribution in [0.25, 0.3) is 0 Å². The third-order valence-electron chi connectivity index (χ3n) is 0.882. The van der Waals surface area contributed by atoms with Gasteiger partial charge in [-0.05, 0) is 6.92 Å². The molecule has 1 rings (SSSR count). The highest BCUT2D eigenvalue weighted by atomic mass is 79.9. The molecule has 9 heavy (non-hydrogen) atoms. The van der Waals surface area contributed by atoms with E-state index in [1.54, 1.807) is 0 Å². The lowest BCUT2D eigenvalue weighted by Crippen LogP contribution is -1.77. The Morgan fingerprint density at radius 3 is 2.67 bits per heavy atom. The Bertz CT molecular complexity index is 173. The number of hydrogen-bond donors (Lipinski definition) is 1. The quantitative estimate of drug-likeness (QED) is 0.766. The van der Waals surface area contributed by atoms with E-state index in [1.807, 2.05) is 13.1 Å². The van der Waals surface area contributed by atoms with Crippen LogP contribution >= 0.6 is 32.9 Å². The zero-order valence-corrected chi connectivity index (χ0v) is 8.32. The molecule has 0 aromatic carbocycles. The zero-order valence-electron chi connectivity index (χ0n) is 5.02. The molecule has 4 heteroatoms. The zero-order chi connectivity index (χ0) is 5.98. The second kappa shape index (κ2) is 4.06. The summed E-state index contributed by atoms with van der Waals surface area (Å²) in [5, 5.41) is 0.806. The number of imidazole rings is 1. The molecule has 0 aliphatic heterocycles. The summed E-state index contributed by atoms with van der Waals surface area (Å²) in [5.74, 6) is 0.988. The van der Waals surface area contributed by atoms with Gasteiger partial charge in [0.15, 0.2) is 0 Å². The van der Waals surface area contributed by atoms with Gasteiger partial charge in [0.2, 0.25) is 0 Å². The van der Waals surface area contributed by atoms with Crippen LogP contribution in [0.4, 0.5) is 0 Å². The Kier molecular flexibility index (Phi) is 4.14. The van der Waals surface area contributed by atoms with Crippen molar-refractivity contribution in [3.63, 3.8) is 0 Å². The third-order valence-corrected chi connectivity index (χ3v) is 1.41. The molecule has 0 spiro atoms. The first-order chi connectivity index (χ1) is 3.83. The van der Waals surface area contributed by atoms with E-state index in [0.717, 1.165) is 16.8 Å². The molecule has 0 saturated carbocycles. The second-order valence-corrected chi connectivity index (χ2v) is 2.21. The van der Waals surface area contributed by atoms with Gasteiger partial charge in [0.25, 0.3) is 0 Å². The van der Waals surface area contributed by atoms with Crippen molar-refractivity contribution in [1.82, 2.24) is 9.97 Å². The van der Waals surface area contributed by atoms with Gasteiger partial charge in [-0.15, -0.1) is 17.0 Å². The predicted molar refractivity (Wildman–Crippen MR) is 46.3 cm³/mol. The Hall–Kier alpha value is 0.170. The summed E-state index contributed by atoms with van der Waals surface area (Å²) in [5.41, 5.74) is 1.11. The fraction of sp³-hybridized carbons (Fsp3) is 0.400. The van der Waals surface area contributed by atoms with Crippen LogP contribution in [0.5, 0.6) is 0 Å². The molecule has 0 aliphatic carbocycles. The third kappa shape index (κ3) is 2.49. The molecular weight excluding hydrogens is 248 g/mol. The predicted octanol–water partition coefficient (Wildman–Crippen LogP) is 2.19. The Balaban J connectivity index is 0.000000640. The summed E-state index contributed by atoms with van der Waals surface area (Å²) < 4.78 is 0. The van der Waals surface area contributed by atoms with E-state index in [4.69, 9.17) is 0 Å². The highest BCUT2D eigenvalue weighted by Crippen LogP contribution is 1.98. The number of aromatic nitrogens is 2. The number of nitrogens with zero attached hydrogens (tertiary/aromatic N) is 1. The normalized spacial score (nSPS) is 8.67. The van der Waals surface area contributed by atoms with Gasteiger partial charge in [-0.25, -0.2) is 4.98 Å². The van der Waals surface area contributed by atoms with Gasteiger partial charge in [-0.1, -0.05) is 15.9 Å².